The van der Waals surface area contributed by atoms with E-state index in [-0.39, 0.29) is 17.7 Å². The molecule has 6 heteroatoms. The zero-order chi connectivity index (χ0) is 20.6. The molecule has 0 radical (unpaired) electrons. The summed E-state index contributed by atoms with van der Waals surface area (Å²) in [7, 11) is 0. The lowest BCUT2D eigenvalue weighted by Crippen LogP contribution is -2.47. The summed E-state index contributed by atoms with van der Waals surface area (Å²) in [5.74, 6) is -0.290. The predicted molar refractivity (Wildman–Crippen MR) is 116 cm³/mol. The Balaban J connectivity index is 1.52. The highest BCUT2D eigenvalue weighted by Crippen LogP contribution is 2.19. The second-order valence-corrected chi connectivity index (χ2v) is 7.28. The van der Waals surface area contributed by atoms with E-state index in [0.29, 0.717) is 25.9 Å². The van der Waals surface area contributed by atoms with Crippen LogP contribution in [0.3, 0.4) is 0 Å². The third kappa shape index (κ3) is 5.76. The van der Waals surface area contributed by atoms with Gasteiger partial charge in [-0.3, -0.25) is 9.59 Å². The van der Waals surface area contributed by atoms with Gasteiger partial charge in [0.15, 0.2) is 0 Å². The molecule has 29 heavy (non-hydrogen) atoms. The largest absolute Gasteiger partial charge is 0.368 e. The van der Waals surface area contributed by atoms with Gasteiger partial charge in [-0.2, -0.15) is 0 Å². The molecule has 0 bridgehead atoms. The molecule has 3 aromatic rings. The molecule has 5 N–H and O–H groups in total. The minimum absolute atomic E-state index is 0.0964. The molecule has 1 heterocycles. The number of hydrogen-bond donors (Lipinski definition) is 4. The van der Waals surface area contributed by atoms with E-state index < -0.39 is 6.04 Å². The van der Waals surface area contributed by atoms with Crippen molar-refractivity contribution in [1.82, 2.24) is 15.6 Å². The zero-order valence-corrected chi connectivity index (χ0v) is 16.7. The first-order valence-electron chi connectivity index (χ1n) is 9.90. The number of Topliss-reactive ketones (excluding diaryl/α,β-unsaturated/α-hetero) is 1. The Morgan fingerprint density at radius 1 is 0.931 bits per heavy atom. The number of carbonyl (C=O) groups is 2. The monoisotopic (exact) mass is 392 g/mol. The Morgan fingerprint density at radius 3 is 2.28 bits per heavy atom. The van der Waals surface area contributed by atoms with Gasteiger partial charge in [-0.15, -0.1) is 0 Å². The van der Waals surface area contributed by atoms with Gasteiger partial charge in [-0.1, -0.05) is 48.5 Å². The van der Waals surface area contributed by atoms with Crippen molar-refractivity contribution in [3.63, 3.8) is 0 Å². The normalized spacial score (nSPS) is 13.3. The number of primary amides is 1. The van der Waals surface area contributed by atoms with Crippen molar-refractivity contribution in [3.05, 3.63) is 71.9 Å². The average molecular weight is 393 g/mol. The first-order valence-corrected chi connectivity index (χ1v) is 9.90. The fourth-order valence-corrected chi connectivity index (χ4v) is 3.50. The summed E-state index contributed by atoms with van der Waals surface area (Å²) < 4.78 is 0. The first-order chi connectivity index (χ1) is 14.0. The number of hydrogen-bond acceptors (Lipinski definition) is 4. The Labute approximate surface area is 170 Å². The smallest absolute Gasteiger partial charge is 0.234 e. The van der Waals surface area contributed by atoms with Gasteiger partial charge in [0, 0.05) is 30.2 Å². The Hall–Kier alpha value is -2.96. The quantitative estimate of drug-likeness (QED) is 0.375. The van der Waals surface area contributed by atoms with E-state index in [1.54, 1.807) is 6.92 Å². The van der Waals surface area contributed by atoms with Crippen LogP contribution in [0.1, 0.15) is 18.1 Å². The predicted octanol–water partition coefficient (Wildman–Crippen LogP) is 1.94. The van der Waals surface area contributed by atoms with E-state index in [4.69, 9.17) is 5.73 Å². The number of H-pyrrole nitrogens is 1. The molecular weight excluding hydrogens is 364 g/mol. The van der Waals surface area contributed by atoms with Crippen LogP contribution in [0.5, 0.6) is 0 Å². The highest BCUT2D eigenvalue weighted by Gasteiger charge is 2.18. The molecule has 0 fully saturated rings. The summed E-state index contributed by atoms with van der Waals surface area (Å²) in [4.78, 5) is 27.1. The van der Waals surface area contributed by atoms with Crippen molar-refractivity contribution in [2.24, 2.45) is 5.73 Å². The Morgan fingerprint density at radius 2 is 1.59 bits per heavy atom. The summed E-state index contributed by atoms with van der Waals surface area (Å²) in [5.41, 5.74) is 8.81. The minimum Gasteiger partial charge on any atom is -0.368 e. The Kier molecular flexibility index (Phi) is 7.16. The molecule has 0 aliphatic rings. The van der Waals surface area contributed by atoms with Gasteiger partial charge in [0.25, 0.3) is 0 Å². The number of nitrogens with one attached hydrogen (secondary N) is 3. The van der Waals surface area contributed by atoms with Crippen LogP contribution in [-0.4, -0.2) is 41.8 Å². The molecule has 0 aliphatic heterocycles. The van der Waals surface area contributed by atoms with E-state index in [1.165, 1.54) is 0 Å². The van der Waals surface area contributed by atoms with Gasteiger partial charge in [-0.05, 0) is 37.0 Å². The summed E-state index contributed by atoms with van der Waals surface area (Å²) in [5, 5.41) is 7.59. The van der Waals surface area contributed by atoms with Gasteiger partial charge >= 0.3 is 0 Å². The van der Waals surface area contributed by atoms with E-state index in [9.17, 15) is 9.59 Å². The molecule has 0 aliphatic carbocycles. The second kappa shape index (κ2) is 10.0. The Bertz CT molecular complexity index is 952. The molecule has 0 spiro atoms. The molecule has 1 aromatic heterocycles. The van der Waals surface area contributed by atoms with Crippen LogP contribution < -0.4 is 16.4 Å². The lowest BCUT2D eigenvalue weighted by molar-refractivity contribution is -0.120. The zero-order valence-electron chi connectivity index (χ0n) is 16.7. The number of rotatable bonds is 11. The fraction of sp³-hybridized carbons (Fsp3) is 0.304. The summed E-state index contributed by atoms with van der Waals surface area (Å²) in [6.07, 6.45) is 3.08. The van der Waals surface area contributed by atoms with Crippen LogP contribution in [0.25, 0.3) is 10.9 Å². The number of aromatic nitrogens is 1. The number of aromatic amines is 1. The minimum atomic E-state index is -0.471. The van der Waals surface area contributed by atoms with Crippen LogP contribution in [0.4, 0.5) is 0 Å². The van der Waals surface area contributed by atoms with Gasteiger partial charge < -0.3 is 21.4 Å². The first kappa shape index (κ1) is 20.8. The number of para-hydroxylation sites is 1. The lowest BCUT2D eigenvalue weighted by Gasteiger charge is -2.19. The average Bonchev–Trinajstić information content (AvgIpc) is 3.12. The van der Waals surface area contributed by atoms with Crippen molar-refractivity contribution in [2.45, 2.75) is 31.8 Å². The van der Waals surface area contributed by atoms with E-state index in [1.807, 2.05) is 60.8 Å². The maximum absolute atomic E-state index is 12.0. The van der Waals surface area contributed by atoms with Gasteiger partial charge in [0.2, 0.25) is 5.91 Å². The van der Waals surface area contributed by atoms with Crippen molar-refractivity contribution in [1.29, 1.82) is 0 Å². The summed E-state index contributed by atoms with van der Waals surface area (Å²) in [6.45, 7) is 2.69. The number of amides is 1. The van der Waals surface area contributed by atoms with Crippen LogP contribution in [0.15, 0.2) is 60.8 Å². The van der Waals surface area contributed by atoms with Crippen molar-refractivity contribution < 1.29 is 9.59 Å². The van der Waals surface area contributed by atoms with Gasteiger partial charge in [0.05, 0.1) is 12.1 Å². The number of benzene rings is 2. The molecule has 3 rings (SSSR count). The molecular formula is C23H28N4O2. The van der Waals surface area contributed by atoms with E-state index in [0.717, 1.165) is 22.0 Å². The third-order valence-electron chi connectivity index (χ3n) is 5.12. The summed E-state index contributed by atoms with van der Waals surface area (Å²) >= 11 is 0. The maximum Gasteiger partial charge on any atom is 0.234 e. The number of nitrogens with two attached hydrogens (primary N) is 1. The van der Waals surface area contributed by atoms with Crippen molar-refractivity contribution in [3.8, 4) is 0 Å². The molecule has 2 aromatic carbocycles. The van der Waals surface area contributed by atoms with Gasteiger partial charge in [0.1, 0.15) is 5.78 Å². The lowest BCUT2D eigenvalue weighted by atomic mass is 10.0. The van der Waals surface area contributed by atoms with E-state index in [2.05, 4.69) is 15.6 Å². The molecule has 1 amide bonds. The van der Waals surface area contributed by atoms with Crippen molar-refractivity contribution >= 4 is 22.6 Å². The second-order valence-electron chi connectivity index (χ2n) is 7.28. The molecule has 2 unspecified atom stereocenters. The molecule has 152 valence electrons. The van der Waals surface area contributed by atoms with E-state index >= 15 is 0 Å². The molecule has 0 saturated heterocycles. The van der Waals surface area contributed by atoms with Crippen LogP contribution in [0, 0.1) is 0 Å². The number of carbonyl (C=O) groups excluding carboxylic acids is 2. The van der Waals surface area contributed by atoms with Crippen molar-refractivity contribution in [2.75, 3.05) is 13.1 Å². The topological polar surface area (TPSA) is 100 Å². The third-order valence-corrected chi connectivity index (χ3v) is 5.12. The van der Waals surface area contributed by atoms with Crippen LogP contribution >= 0.6 is 0 Å². The fourth-order valence-electron chi connectivity index (χ4n) is 3.50. The van der Waals surface area contributed by atoms with Gasteiger partial charge in [-0.25, -0.2) is 0 Å². The standard InChI is InChI=1S/C23H28N4O2/c1-16(28)21(13-17-7-3-2-4-8-17)25-11-12-26-22(23(24)29)14-18-15-27-20-10-6-5-9-19(18)20/h2-10,15,21-22,25-27H,11-14H2,1H3,(H2,24,29). The maximum atomic E-state index is 12.0. The molecule has 0 saturated carbocycles. The molecule has 6 nitrogen and oxygen atoms in total. The van der Waals surface area contributed by atoms with Crippen LogP contribution in [-0.2, 0) is 22.4 Å². The SMILES string of the molecule is CC(=O)C(Cc1ccccc1)NCCNC(Cc1c[nH]c2ccccc12)C(N)=O. The molecule has 2 atom stereocenters. The number of ketones is 1. The summed E-state index contributed by atoms with van der Waals surface area (Å²) in [6, 6.07) is 17.2. The highest BCUT2D eigenvalue weighted by molar-refractivity contribution is 5.85. The number of fused-ring (bicyclic) bond motifs is 1. The highest BCUT2D eigenvalue weighted by atomic mass is 16.1. The van der Waals surface area contributed by atoms with Crippen LogP contribution in [0.2, 0.25) is 0 Å².